The maximum Gasteiger partial charge on any atom is 0.306 e. The molecule has 140 valence electrons. The first-order valence-electron chi connectivity index (χ1n) is 8.32. The minimum absolute atomic E-state index is 0.127. The predicted molar refractivity (Wildman–Crippen MR) is 99.0 cm³/mol. The maximum absolute atomic E-state index is 13.0. The van der Waals surface area contributed by atoms with Crippen LogP contribution in [0.3, 0.4) is 0 Å². The van der Waals surface area contributed by atoms with Crippen LogP contribution in [-0.2, 0) is 16.6 Å². The van der Waals surface area contributed by atoms with Crippen molar-refractivity contribution in [3.63, 3.8) is 0 Å². The Morgan fingerprint density at radius 1 is 1.26 bits per heavy atom. The number of ether oxygens (including phenoxy) is 1. The fourth-order valence-corrected chi connectivity index (χ4v) is 3.15. The van der Waals surface area contributed by atoms with Gasteiger partial charge in [-0.2, -0.15) is 0 Å². The number of methoxy groups -OCH3 is 1. The highest BCUT2D eigenvalue weighted by Crippen LogP contribution is 2.32. The van der Waals surface area contributed by atoms with Gasteiger partial charge in [-0.3, -0.25) is 14.4 Å². The molecule has 0 radical (unpaired) electrons. The molecule has 2 heterocycles. The van der Waals surface area contributed by atoms with Gasteiger partial charge in [-0.15, -0.1) is 0 Å². The summed E-state index contributed by atoms with van der Waals surface area (Å²) < 4.78 is 11.7. The van der Waals surface area contributed by atoms with Gasteiger partial charge in [0.2, 0.25) is 11.2 Å². The molecule has 2 aromatic heterocycles. The first-order valence-corrected chi connectivity index (χ1v) is 8.32. The van der Waals surface area contributed by atoms with Crippen molar-refractivity contribution in [3.8, 4) is 5.75 Å². The third-order valence-electron chi connectivity index (χ3n) is 4.52. The predicted octanol–water partition coefficient (Wildman–Crippen LogP) is 2.20. The number of hydrogen-bond donors (Lipinski definition) is 1. The lowest BCUT2D eigenvalue weighted by Crippen LogP contribution is -2.26. The number of rotatable bonds is 4. The van der Waals surface area contributed by atoms with Crippen LogP contribution in [0.4, 0.5) is 0 Å². The van der Waals surface area contributed by atoms with Gasteiger partial charge >= 0.3 is 5.97 Å². The van der Waals surface area contributed by atoms with Gasteiger partial charge in [-0.1, -0.05) is 18.2 Å². The highest BCUT2D eigenvalue weighted by molar-refractivity contribution is 5.80. The molecule has 27 heavy (non-hydrogen) atoms. The lowest BCUT2D eigenvalue weighted by atomic mass is 9.92. The lowest BCUT2D eigenvalue weighted by Gasteiger charge is -2.18. The van der Waals surface area contributed by atoms with Crippen molar-refractivity contribution in [2.24, 2.45) is 7.05 Å². The van der Waals surface area contributed by atoms with E-state index in [0.717, 1.165) is 17.0 Å². The van der Waals surface area contributed by atoms with E-state index >= 15 is 0 Å². The number of esters is 1. The molecule has 0 saturated carbocycles. The average molecular weight is 369 g/mol. The van der Waals surface area contributed by atoms with Crippen LogP contribution in [0, 0.1) is 6.92 Å². The molecule has 0 aliphatic rings. The summed E-state index contributed by atoms with van der Waals surface area (Å²) in [6, 6.07) is 10.1. The van der Waals surface area contributed by atoms with Crippen molar-refractivity contribution in [1.82, 2.24) is 4.57 Å². The zero-order chi connectivity index (χ0) is 19.7. The van der Waals surface area contributed by atoms with Crippen molar-refractivity contribution < 1.29 is 19.1 Å². The van der Waals surface area contributed by atoms with Gasteiger partial charge in [0.05, 0.1) is 25.0 Å². The second kappa shape index (κ2) is 7.11. The number of benzene rings is 1. The second-order valence-electron chi connectivity index (χ2n) is 6.29. The normalized spacial score (nSPS) is 12.1. The number of carbonyl (C=O) groups excluding carboxylic acids is 1. The second-order valence-corrected chi connectivity index (χ2v) is 6.29. The number of fused-ring (bicyclic) bond motifs is 1. The fourth-order valence-electron chi connectivity index (χ4n) is 3.15. The molecule has 0 aliphatic carbocycles. The SMILES string of the molecule is COC(=O)C[C@H](c1oc(C)cc(=O)c1O)c1cc2ccccc2n(C)c1=O. The Kier molecular flexibility index (Phi) is 4.85. The van der Waals surface area contributed by atoms with E-state index in [-0.39, 0.29) is 29.1 Å². The Balaban J connectivity index is 2.31. The van der Waals surface area contributed by atoms with E-state index in [1.54, 1.807) is 26.1 Å². The number of aryl methyl sites for hydroxylation is 2. The molecule has 7 heteroatoms. The van der Waals surface area contributed by atoms with Crippen LogP contribution in [0.2, 0.25) is 0 Å². The summed E-state index contributed by atoms with van der Waals surface area (Å²) in [7, 11) is 2.85. The van der Waals surface area contributed by atoms with Crippen LogP contribution in [0.5, 0.6) is 5.75 Å². The van der Waals surface area contributed by atoms with Gasteiger partial charge in [-0.25, -0.2) is 0 Å². The molecule has 0 bridgehead atoms. The molecule has 1 atom stereocenters. The van der Waals surface area contributed by atoms with Crippen LogP contribution < -0.4 is 11.0 Å². The number of nitrogens with zero attached hydrogens (tertiary/aromatic N) is 1. The molecule has 0 amide bonds. The maximum atomic E-state index is 13.0. The minimum Gasteiger partial charge on any atom is -0.502 e. The Labute approximate surface area is 154 Å². The first-order chi connectivity index (χ1) is 12.8. The fraction of sp³-hybridized carbons (Fsp3) is 0.250. The smallest absolute Gasteiger partial charge is 0.306 e. The highest BCUT2D eigenvalue weighted by atomic mass is 16.5. The van der Waals surface area contributed by atoms with E-state index in [2.05, 4.69) is 0 Å². The third-order valence-corrected chi connectivity index (χ3v) is 4.52. The first kappa shape index (κ1) is 18.4. The molecule has 0 fully saturated rings. The van der Waals surface area contributed by atoms with Gasteiger partial charge in [0.25, 0.3) is 5.56 Å². The summed E-state index contributed by atoms with van der Waals surface area (Å²) in [5, 5.41) is 11.0. The van der Waals surface area contributed by atoms with Gasteiger partial charge in [0, 0.05) is 18.7 Å². The molecule has 1 N–H and O–H groups in total. The number of carbonyl (C=O) groups is 1. The average Bonchev–Trinajstić information content (AvgIpc) is 2.65. The molecule has 3 rings (SSSR count). The zero-order valence-electron chi connectivity index (χ0n) is 15.2. The summed E-state index contributed by atoms with van der Waals surface area (Å²) in [4.78, 5) is 36.9. The molecule has 1 aromatic carbocycles. The lowest BCUT2D eigenvalue weighted by molar-refractivity contribution is -0.140. The molecular weight excluding hydrogens is 350 g/mol. The Bertz CT molecular complexity index is 1140. The van der Waals surface area contributed by atoms with Crippen molar-refractivity contribution in [3.05, 3.63) is 74.1 Å². The Morgan fingerprint density at radius 3 is 2.67 bits per heavy atom. The van der Waals surface area contributed by atoms with Crippen LogP contribution >= 0.6 is 0 Å². The van der Waals surface area contributed by atoms with Crippen molar-refractivity contribution in [2.75, 3.05) is 7.11 Å². The van der Waals surface area contributed by atoms with E-state index in [9.17, 15) is 19.5 Å². The van der Waals surface area contributed by atoms with Gasteiger partial charge < -0.3 is 18.8 Å². The zero-order valence-corrected chi connectivity index (χ0v) is 15.2. The van der Waals surface area contributed by atoms with E-state index in [1.807, 2.05) is 18.2 Å². The number of para-hydroxylation sites is 1. The largest absolute Gasteiger partial charge is 0.502 e. The van der Waals surface area contributed by atoms with Crippen LogP contribution in [0.25, 0.3) is 10.9 Å². The van der Waals surface area contributed by atoms with Crippen LogP contribution in [0.1, 0.15) is 29.4 Å². The van der Waals surface area contributed by atoms with E-state index in [4.69, 9.17) is 9.15 Å². The molecular formula is C20H19NO6. The summed E-state index contributed by atoms with van der Waals surface area (Å²) in [5.74, 6) is -2.05. The molecule has 0 aliphatic heterocycles. The van der Waals surface area contributed by atoms with E-state index in [0.29, 0.717) is 0 Å². The number of hydrogen-bond acceptors (Lipinski definition) is 6. The minimum atomic E-state index is -0.964. The standard InChI is InChI=1S/C20H19NO6/c1-11-8-16(22)18(24)19(27-11)13(10-17(23)26-3)14-9-12-6-4-5-7-15(12)21(2)20(14)25/h4-9,13,24H,10H2,1-3H3/t13-/m0/s1. The Hall–Kier alpha value is -3.35. The van der Waals surface area contributed by atoms with Crippen LogP contribution in [0.15, 0.2) is 50.4 Å². The van der Waals surface area contributed by atoms with Crippen molar-refractivity contribution >= 4 is 16.9 Å². The Morgan fingerprint density at radius 2 is 1.96 bits per heavy atom. The van der Waals surface area contributed by atoms with Crippen molar-refractivity contribution in [1.29, 1.82) is 0 Å². The molecule has 7 nitrogen and oxygen atoms in total. The molecule has 0 spiro atoms. The van der Waals surface area contributed by atoms with E-state index < -0.39 is 23.1 Å². The quantitative estimate of drug-likeness (QED) is 0.708. The van der Waals surface area contributed by atoms with E-state index in [1.165, 1.54) is 11.7 Å². The molecule has 0 unspecified atom stereocenters. The summed E-state index contributed by atoms with van der Waals surface area (Å²) in [5.41, 5.74) is -0.0453. The topological polar surface area (TPSA) is 98.7 Å². The molecule has 3 aromatic rings. The number of aromatic nitrogens is 1. The summed E-state index contributed by atoms with van der Waals surface area (Å²) in [6.07, 6.45) is -0.260. The molecule has 0 saturated heterocycles. The van der Waals surface area contributed by atoms with Gasteiger partial charge in [0.1, 0.15) is 5.76 Å². The third kappa shape index (κ3) is 3.36. The number of aromatic hydroxyl groups is 1. The van der Waals surface area contributed by atoms with Crippen LogP contribution in [-0.4, -0.2) is 22.8 Å². The highest BCUT2D eigenvalue weighted by Gasteiger charge is 2.29. The summed E-state index contributed by atoms with van der Waals surface area (Å²) in [6.45, 7) is 1.55. The van der Waals surface area contributed by atoms with Crippen molar-refractivity contribution in [2.45, 2.75) is 19.3 Å². The van der Waals surface area contributed by atoms with Gasteiger partial charge in [-0.05, 0) is 24.4 Å². The number of pyridine rings is 1. The summed E-state index contributed by atoms with van der Waals surface area (Å²) >= 11 is 0. The monoisotopic (exact) mass is 369 g/mol. The van der Waals surface area contributed by atoms with Gasteiger partial charge in [0.15, 0.2) is 5.76 Å².